The third kappa shape index (κ3) is 3.60. The first-order valence-electron chi connectivity index (χ1n) is 7.98. The normalized spacial score (nSPS) is 27.1. The van der Waals surface area contributed by atoms with Gasteiger partial charge >= 0.3 is 0 Å². The lowest BCUT2D eigenvalue weighted by molar-refractivity contribution is 0.0384. The Bertz CT molecular complexity index is 401. The molecule has 112 valence electrons. The average Bonchev–Trinajstić information content (AvgIpc) is 2.46. The van der Waals surface area contributed by atoms with E-state index in [0.29, 0.717) is 11.3 Å². The van der Waals surface area contributed by atoms with Crippen molar-refractivity contribution >= 4 is 0 Å². The summed E-state index contributed by atoms with van der Waals surface area (Å²) >= 11 is 0. The van der Waals surface area contributed by atoms with Crippen molar-refractivity contribution in [2.24, 2.45) is 17.3 Å². The topological polar surface area (TPSA) is 33.1 Å². The van der Waals surface area contributed by atoms with Crippen molar-refractivity contribution in [1.29, 1.82) is 0 Å². The van der Waals surface area contributed by atoms with Gasteiger partial charge in [0.15, 0.2) is 0 Å². The average molecular weight is 275 g/mol. The van der Waals surface area contributed by atoms with Crippen LogP contribution in [0.3, 0.4) is 0 Å². The van der Waals surface area contributed by atoms with Crippen LogP contribution in [0.5, 0.6) is 0 Å². The summed E-state index contributed by atoms with van der Waals surface area (Å²) in [4.78, 5) is 4.39. The van der Waals surface area contributed by atoms with E-state index in [1.54, 1.807) is 0 Å². The van der Waals surface area contributed by atoms with Crippen molar-refractivity contribution in [1.82, 2.24) is 4.98 Å². The molecule has 1 aliphatic rings. The summed E-state index contributed by atoms with van der Waals surface area (Å²) < 4.78 is 0. The van der Waals surface area contributed by atoms with Crippen molar-refractivity contribution < 1.29 is 5.11 Å². The molecule has 1 aromatic heterocycles. The van der Waals surface area contributed by atoms with Crippen molar-refractivity contribution in [2.45, 2.75) is 65.4 Å². The molecule has 1 N–H and O–H groups in total. The van der Waals surface area contributed by atoms with Gasteiger partial charge in [0.05, 0.1) is 6.10 Å². The molecule has 0 aliphatic heterocycles. The van der Waals surface area contributed by atoms with Crippen LogP contribution in [0.1, 0.15) is 65.0 Å². The molecule has 0 amide bonds. The van der Waals surface area contributed by atoms with Crippen LogP contribution in [-0.4, -0.2) is 16.2 Å². The summed E-state index contributed by atoms with van der Waals surface area (Å²) in [6, 6.07) is 5.95. The second kappa shape index (κ2) is 6.26. The van der Waals surface area contributed by atoms with Crippen molar-refractivity contribution in [3.63, 3.8) is 0 Å². The fraction of sp³-hybridized carbons (Fsp3) is 0.722. The zero-order chi connectivity index (χ0) is 14.8. The lowest BCUT2D eigenvalue weighted by Gasteiger charge is -2.39. The molecule has 1 heterocycles. The van der Waals surface area contributed by atoms with Crippen LogP contribution in [-0.2, 0) is 0 Å². The standard InChI is InChI=1S/C18H29NO/c1-13(16-7-5-6-12-19-16)17(20)14-8-10-15(11-9-14)18(2,3)4/h5-7,12-15,17,20H,8-11H2,1-4H3. The Morgan fingerprint density at radius 3 is 2.30 bits per heavy atom. The predicted molar refractivity (Wildman–Crippen MR) is 83.6 cm³/mol. The van der Waals surface area contributed by atoms with E-state index in [4.69, 9.17) is 0 Å². The summed E-state index contributed by atoms with van der Waals surface area (Å²) in [7, 11) is 0. The highest BCUT2D eigenvalue weighted by molar-refractivity contribution is 5.10. The molecule has 2 rings (SSSR count). The Hall–Kier alpha value is -0.890. The molecule has 2 atom stereocenters. The molecule has 20 heavy (non-hydrogen) atoms. The zero-order valence-electron chi connectivity index (χ0n) is 13.3. The minimum Gasteiger partial charge on any atom is -0.392 e. The largest absolute Gasteiger partial charge is 0.392 e. The van der Waals surface area contributed by atoms with Gasteiger partial charge in [0.1, 0.15) is 0 Å². The molecule has 0 saturated heterocycles. The van der Waals surface area contributed by atoms with Crippen molar-refractivity contribution in [2.75, 3.05) is 0 Å². The number of rotatable bonds is 3. The molecule has 0 radical (unpaired) electrons. The number of aliphatic hydroxyl groups excluding tert-OH is 1. The summed E-state index contributed by atoms with van der Waals surface area (Å²) in [5.41, 5.74) is 1.42. The van der Waals surface area contributed by atoms with E-state index < -0.39 is 0 Å². The molecule has 1 aliphatic carbocycles. The maximum atomic E-state index is 10.6. The molecule has 2 unspecified atom stereocenters. The number of aliphatic hydroxyl groups is 1. The van der Waals surface area contributed by atoms with E-state index >= 15 is 0 Å². The fourth-order valence-corrected chi connectivity index (χ4v) is 3.56. The molecular formula is C18H29NO. The Balaban J connectivity index is 1.93. The molecule has 2 nitrogen and oxygen atoms in total. The van der Waals surface area contributed by atoms with Gasteiger partial charge in [0, 0.05) is 17.8 Å². The zero-order valence-corrected chi connectivity index (χ0v) is 13.3. The second-order valence-electron chi connectivity index (χ2n) is 7.51. The van der Waals surface area contributed by atoms with Gasteiger partial charge in [-0.2, -0.15) is 0 Å². The predicted octanol–water partition coefficient (Wildman–Crippen LogP) is 4.40. The molecule has 1 saturated carbocycles. The quantitative estimate of drug-likeness (QED) is 0.887. The Kier molecular flexibility index (Phi) is 4.85. The van der Waals surface area contributed by atoms with Crippen LogP contribution in [0.25, 0.3) is 0 Å². The number of pyridine rings is 1. The number of aromatic nitrogens is 1. The third-order valence-electron chi connectivity index (χ3n) is 5.15. The molecule has 1 fully saturated rings. The molecule has 1 aromatic rings. The van der Waals surface area contributed by atoms with Gasteiger partial charge in [-0.3, -0.25) is 4.98 Å². The van der Waals surface area contributed by atoms with Crippen LogP contribution < -0.4 is 0 Å². The van der Waals surface area contributed by atoms with E-state index in [0.717, 1.165) is 24.5 Å². The summed E-state index contributed by atoms with van der Waals surface area (Å²) in [5.74, 6) is 1.37. The molecule has 0 bridgehead atoms. The van der Waals surface area contributed by atoms with E-state index in [-0.39, 0.29) is 12.0 Å². The van der Waals surface area contributed by atoms with Crippen molar-refractivity contribution in [3.05, 3.63) is 30.1 Å². The van der Waals surface area contributed by atoms with Crippen LogP contribution in [0.4, 0.5) is 0 Å². The fourth-order valence-electron chi connectivity index (χ4n) is 3.56. The second-order valence-corrected chi connectivity index (χ2v) is 7.51. The minimum absolute atomic E-state index is 0.132. The van der Waals surface area contributed by atoms with E-state index in [1.807, 2.05) is 24.4 Å². The summed E-state index contributed by atoms with van der Waals surface area (Å²) in [5, 5.41) is 10.6. The Morgan fingerprint density at radius 1 is 1.15 bits per heavy atom. The lowest BCUT2D eigenvalue weighted by atomic mass is 9.68. The third-order valence-corrected chi connectivity index (χ3v) is 5.15. The highest BCUT2D eigenvalue weighted by Gasteiger charge is 2.34. The van der Waals surface area contributed by atoms with E-state index in [2.05, 4.69) is 32.7 Å². The first-order valence-corrected chi connectivity index (χ1v) is 7.98. The van der Waals surface area contributed by atoms with Gasteiger partial charge in [0.25, 0.3) is 0 Å². The lowest BCUT2D eigenvalue weighted by Crippen LogP contribution is -2.33. The van der Waals surface area contributed by atoms with Crippen LogP contribution in [0, 0.1) is 17.3 Å². The highest BCUT2D eigenvalue weighted by atomic mass is 16.3. The minimum atomic E-state index is -0.259. The van der Waals surface area contributed by atoms with Crippen LogP contribution in [0.15, 0.2) is 24.4 Å². The van der Waals surface area contributed by atoms with Gasteiger partial charge in [0.2, 0.25) is 0 Å². The number of hydrogen-bond donors (Lipinski definition) is 1. The van der Waals surface area contributed by atoms with Gasteiger partial charge in [-0.05, 0) is 55.1 Å². The molecule has 0 aromatic carbocycles. The van der Waals surface area contributed by atoms with Gasteiger partial charge < -0.3 is 5.11 Å². The van der Waals surface area contributed by atoms with Gasteiger partial charge in [-0.15, -0.1) is 0 Å². The van der Waals surface area contributed by atoms with Gasteiger partial charge in [-0.1, -0.05) is 33.8 Å². The van der Waals surface area contributed by atoms with E-state index in [1.165, 1.54) is 12.8 Å². The maximum absolute atomic E-state index is 10.6. The first-order chi connectivity index (χ1) is 9.39. The Morgan fingerprint density at radius 2 is 1.80 bits per heavy atom. The molecule has 2 heteroatoms. The summed E-state index contributed by atoms with van der Waals surface area (Å²) in [6.45, 7) is 9.11. The SMILES string of the molecule is CC(c1ccccn1)C(O)C1CCC(C(C)(C)C)CC1. The van der Waals surface area contributed by atoms with Gasteiger partial charge in [-0.25, -0.2) is 0 Å². The van der Waals surface area contributed by atoms with Crippen LogP contribution >= 0.6 is 0 Å². The smallest absolute Gasteiger partial charge is 0.0649 e. The number of nitrogens with zero attached hydrogens (tertiary/aromatic N) is 1. The van der Waals surface area contributed by atoms with Crippen molar-refractivity contribution in [3.8, 4) is 0 Å². The highest BCUT2D eigenvalue weighted by Crippen LogP contribution is 2.42. The molecule has 0 spiro atoms. The first kappa shape index (κ1) is 15.5. The van der Waals surface area contributed by atoms with Crippen LogP contribution in [0.2, 0.25) is 0 Å². The monoisotopic (exact) mass is 275 g/mol. The van der Waals surface area contributed by atoms with E-state index in [9.17, 15) is 5.11 Å². The number of hydrogen-bond acceptors (Lipinski definition) is 2. The summed E-state index contributed by atoms with van der Waals surface area (Å²) in [6.07, 6.45) is 6.36. The Labute approximate surface area is 123 Å². The molecular weight excluding hydrogens is 246 g/mol. The maximum Gasteiger partial charge on any atom is 0.0649 e.